The summed E-state index contributed by atoms with van der Waals surface area (Å²) in [6.45, 7) is 5.74. The van der Waals surface area contributed by atoms with Crippen LogP contribution in [0.15, 0.2) is 24.3 Å². The summed E-state index contributed by atoms with van der Waals surface area (Å²) in [5, 5.41) is 5.77. The van der Waals surface area contributed by atoms with Crippen molar-refractivity contribution in [2.24, 2.45) is 0 Å². The molecule has 7 nitrogen and oxygen atoms in total. The predicted molar refractivity (Wildman–Crippen MR) is 97.4 cm³/mol. The van der Waals surface area contributed by atoms with Gasteiger partial charge in [-0.2, -0.15) is 0 Å². The highest BCUT2D eigenvalue weighted by Crippen LogP contribution is 2.12. The molecule has 0 aliphatic carbocycles. The maximum absolute atomic E-state index is 13.2. The summed E-state index contributed by atoms with van der Waals surface area (Å²) >= 11 is 0. The molecular formula is C18H27FN4O3. The van der Waals surface area contributed by atoms with Crippen molar-refractivity contribution in [3.05, 3.63) is 30.1 Å². The summed E-state index contributed by atoms with van der Waals surface area (Å²) in [6, 6.07) is 5.48. The molecule has 0 bridgehead atoms. The second-order valence-electron chi connectivity index (χ2n) is 6.26. The highest BCUT2D eigenvalue weighted by molar-refractivity contribution is 5.94. The molecule has 0 aromatic heterocycles. The van der Waals surface area contributed by atoms with E-state index >= 15 is 0 Å². The van der Waals surface area contributed by atoms with Gasteiger partial charge in [0.05, 0.1) is 19.2 Å². The van der Waals surface area contributed by atoms with E-state index in [2.05, 4.69) is 10.6 Å². The maximum atomic E-state index is 13.2. The van der Waals surface area contributed by atoms with Crippen molar-refractivity contribution in [2.75, 3.05) is 58.3 Å². The van der Waals surface area contributed by atoms with E-state index in [0.29, 0.717) is 51.6 Å². The quantitative estimate of drug-likeness (QED) is 0.657. The van der Waals surface area contributed by atoms with Gasteiger partial charge in [0.1, 0.15) is 5.82 Å². The summed E-state index contributed by atoms with van der Waals surface area (Å²) in [6.07, 6.45) is 0. The zero-order valence-corrected chi connectivity index (χ0v) is 15.3. The van der Waals surface area contributed by atoms with Crippen molar-refractivity contribution in [3.8, 4) is 0 Å². The number of nitrogens with zero attached hydrogens (tertiary/aromatic N) is 2. The lowest BCUT2D eigenvalue weighted by atomic mass is 10.2. The predicted octanol–water partition coefficient (Wildman–Crippen LogP) is 0.533. The second-order valence-corrected chi connectivity index (χ2v) is 6.26. The minimum absolute atomic E-state index is 0.0534. The lowest BCUT2D eigenvalue weighted by Crippen LogP contribution is -2.55. The summed E-state index contributed by atoms with van der Waals surface area (Å²) in [5.74, 6) is -0.518. The Balaban J connectivity index is 1.75. The van der Waals surface area contributed by atoms with Crippen molar-refractivity contribution >= 4 is 17.5 Å². The van der Waals surface area contributed by atoms with E-state index in [1.807, 2.05) is 11.8 Å². The van der Waals surface area contributed by atoms with Gasteiger partial charge in [0.15, 0.2) is 0 Å². The van der Waals surface area contributed by atoms with Crippen LogP contribution in [0.2, 0.25) is 0 Å². The van der Waals surface area contributed by atoms with Crippen LogP contribution in [0, 0.1) is 5.82 Å². The first kappa shape index (κ1) is 20.3. The van der Waals surface area contributed by atoms with Gasteiger partial charge in [-0.1, -0.05) is 6.07 Å². The molecule has 1 fully saturated rings. The maximum Gasteiger partial charge on any atom is 0.241 e. The van der Waals surface area contributed by atoms with E-state index in [9.17, 15) is 14.0 Å². The fourth-order valence-electron chi connectivity index (χ4n) is 2.82. The van der Waals surface area contributed by atoms with Gasteiger partial charge in [-0.05, 0) is 25.1 Å². The van der Waals surface area contributed by atoms with E-state index in [0.717, 1.165) is 0 Å². The first-order chi connectivity index (χ1) is 12.5. The number of nitrogens with one attached hydrogen (secondary N) is 2. The van der Waals surface area contributed by atoms with Gasteiger partial charge in [0.25, 0.3) is 0 Å². The van der Waals surface area contributed by atoms with Gasteiger partial charge < -0.3 is 20.3 Å². The van der Waals surface area contributed by atoms with E-state index in [1.165, 1.54) is 12.1 Å². The van der Waals surface area contributed by atoms with Crippen LogP contribution in [0.4, 0.5) is 10.1 Å². The number of carbonyl (C=O) groups is 2. The average molecular weight is 366 g/mol. The molecule has 8 heteroatoms. The minimum Gasteiger partial charge on any atom is -0.383 e. The van der Waals surface area contributed by atoms with Crippen LogP contribution in [-0.2, 0) is 14.3 Å². The van der Waals surface area contributed by atoms with Crippen molar-refractivity contribution in [3.63, 3.8) is 0 Å². The Morgan fingerprint density at radius 1 is 1.27 bits per heavy atom. The number of amides is 2. The zero-order chi connectivity index (χ0) is 18.9. The minimum atomic E-state index is -0.387. The smallest absolute Gasteiger partial charge is 0.241 e. The molecule has 1 aliphatic rings. The van der Waals surface area contributed by atoms with Crippen LogP contribution >= 0.6 is 0 Å². The van der Waals surface area contributed by atoms with Crippen molar-refractivity contribution in [1.82, 2.24) is 15.1 Å². The van der Waals surface area contributed by atoms with E-state index in [4.69, 9.17) is 4.74 Å². The lowest BCUT2D eigenvalue weighted by molar-refractivity contribution is -0.132. The topological polar surface area (TPSA) is 73.9 Å². The highest BCUT2D eigenvalue weighted by atomic mass is 19.1. The van der Waals surface area contributed by atoms with Crippen LogP contribution in [0.1, 0.15) is 6.92 Å². The number of piperazine rings is 1. The molecule has 1 saturated heterocycles. The largest absolute Gasteiger partial charge is 0.383 e. The van der Waals surface area contributed by atoms with Crippen LogP contribution in [-0.4, -0.2) is 80.6 Å². The molecular weight excluding hydrogens is 339 g/mol. The number of hydrogen-bond acceptors (Lipinski definition) is 5. The summed E-state index contributed by atoms with van der Waals surface area (Å²) < 4.78 is 18.1. The normalized spacial score (nSPS) is 16.3. The fraction of sp³-hybridized carbons (Fsp3) is 0.556. The summed E-state index contributed by atoms with van der Waals surface area (Å²) in [7, 11) is 1.62. The Hall–Kier alpha value is -2.03. The van der Waals surface area contributed by atoms with Crippen LogP contribution < -0.4 is 10.6 Å². The van der Waals surface area contributed by atoms with Crippen molar-refractivity contribution < 1.29 is 18.7 Å². The van der Waals surface area contributed by atoms with E-state index in [-0.39, 0.29) is 23.7 Å². The average Bonchev–Trinajstić information content (AvgIpc) is 2.64. The molecule has 2 rings (SSSR count). The number of anilines is 1. The number of benzene rings is 1. The van der Waals surface area contributed by atoms with Gasteiger partial charge >= 0.3 is 0 Å². The van der Waals surface area contributed by atoms with Gasteiger partial charge in [0, 0.05) is 45.5 Å². The molecule has 1 aromatic rings. The van der Waals surface area contributed by atoms with Gasteiger partial charge in [-0.15, -0.1) is 0 Å². The molecule has 0 spiro atoms. The molecule has 0 radical (unpaired) electrons. The molecule has 2 amide bonds. The number of carbonyl (C=O) groups excluding carboxylic acids is 2. The first-order valence-electron chi connectivity index (χ1n) is 8.79. The Morgan fingerprint density at radius 2 is 2.00 bits per heavy atom. The fourth-order valence-corrected chi connectivity index (χ4v) is 2.82. The molecule has 26 heavy (non-hydrogen) atoms. The first-order valence-corrected chi connectivity index (χ1v) is 8.79. The number of hydrogen-bond donors (Lipinski definition) is 2. The Bertz CT molecular complexity index is 606. The standard InChI is InChI=1S/C18H27FN4O3/c1-14(18(25)21-16-5-3-4-15(19)12-16)22-7-9-23(10-8-22)17(24)13-20-6-11-26-2/h3-5,12,14,20H,6-11,13H2,1-2H3,(H,21,25). The van der Waals surface area contributed by atoms with Crippen LogP contribution in [0.5, 0.6) is 0 Å². The summed E-state index contributed by atoms with van der Waals surface area (Å²) in [4.78, 5) is 28.3. The number of halogens is 1. The third-order valence-electron chi connectivity index (χ3n) is 4.45. The highest BCUT2D eigenvalue weighted by Gasteiger charge is 2.27. The zero-order valence-electron chi connectivity index (χ0n) is 15.3. The number of rotatable bonds is 8. The molecule has 144 valence electrons. The molecule has 1 unspecified atom stereocenters. The monoisotopic (exact) mass is 366 g/mol. The van der Waals surface area contributed by atoms with E-state index < -0.39 is 0 Å². The molecule has 1 aromatic carbocycles. The van der Waals surface area contributed by atoms with E-state index in [1.54, 1.807) is 24.1 Å². The Kier molecular flexibility index (Phi) is 7.96. The van der Waals surface area contributed by atoms with Crippen LogP contribution in [0.3, 0.4) is 0 Å². The molecule has 0 saturated carbocycles. The molecule has 1 aliphatic heterocycles. The SMILES string of the molecule is COCCNCC(=O)N1CCN(C(C)C(=O)Nc2cccc(F)c2)CC1. The number of ether oxygens (including phenoxy) is 1. The van der Waals surface area contributed by atoms with Crippen molar-refractivity contribution in [2.45, 2.75) is 13.0 Å². The lowest BCUT2D eigenvalue weighted by Gasteiger charge is -2.37. The molecule has 1 atom stereocenters. The Labute approximate surface area is 153 Å². The van der Waals surface area contributed by atoms with Gasteiger partial charge in [-0.3, -0.25) is 14.5 Å². The van der Waals surface area contributed by atoms with Gasteiger partial charge in [0.2, 0.25) is 11.8 Å². The van der Waals surface area contributed by atoms with Gasteiger partial charge in [-0.25, -0.2) is 4.39 Å². The molecule has 2 N–H and O–H groups in total. The number of methoxy groups -OCH3 is 1. The van der Waals surface area contributed by atoms with Crippen molar-refractivity contribution in [1.29, 1.82) is 0 Å². The van der Waals surface area contributed by atoms with Crippen LogP contribution in [0.25, 0.3) is 0 Å². The molecule has 1 heterocycles. The summed E-state index contributed by atoms with van der Waals surface area (Å²) in [5.41, 5.74) is 0.442. The third kappa shape index (κ3) is 6.05. The second kappa shape index (κ2) is 10.2. The third-order valence-corrected chi connectivity index (χ3v) is 4.45. The Morgan fingerprint density at radius 3 is 2.65 bits per heavy atom.